The first-order valence-corrected chi connectivity index (χ1v) is 7.80. The van der Waals surface area contributed by atoms with Crippen LogP contribution in [-0.2, 0) is 13.1 Å². The Morgan fingerprint density at radius 1 is 1.04 bits per heavy atom. The summed E-state index contributed by atoms with van der Waals surface area (Å²) in [5, 5.41) is 3.41. The van der Waals surface area contributed by atoms with Crippen LogP contribution in [0.15, 0.2) is 49.1 Å². The van der Waals surface area contributed by atoms with E-state index in [1.54, 1.807) is 13.2 Å². The topological polar surface area (TPSA) is 49.0 Å². The van der Waals surface area contributed by atoms with Gasteiger partial charge < -0.3 is 24.3 Å². The standard InChI is InChI=1S/C19H21NO4.ClH/c1-3-8-22-16-6-4-14(9-18(16)21-2)11-20-12-15-5-7-17-19(10-15)24-13-23-17;/h3-7,9-10,20H,1,8,11-13H2,2H3;1H. The molecule has 1 aliphatic heterocycles. The molecular formula is C19H22ClNO4. The highest BCUT2D eigenvalue weighted by molar-refractivity contribution is 5.85. The smallest absolute Gasteiger partial charge is 0.231 e. The third kappa shape index (κ3) is 4.81. The third-order valence-corrected chi connectivity index (χ3v) is 3.68. The van der Waals surface area contributed by atoms with E-state index in [0.717, 1.165) is 47.2 Å². The Balaban J connectivity index is 0.00000225. The Hall–Kier alpha value is -2.37. The molecule has 1 N–H and O–H groups in total. The lowest BCUT2D eigenvalue weighted by Crippen LogP contribution is -2.12. The van der Waals surface area contributed by atoms with E-state index in [1.807, 2.05) is 36.4 Å². The van der Waals surface area contributed by atoms with Gasteiger partial charge >= 0.3 is 0 Å². The van der Waals surface area contributed by atoms with Crippen LogP contribution >= 0.6 is 12.4 Å². The summed E-state index contributed by atoms with van der Waals surface area (Å²) in [7, 11) is 1.64. The first-order valence-electron chi connectivity index (χ1n) is 7.80. The molecule has 0 aliphatic carbocycles. The molecule has 0 unspecified atom stereocenters. The fourth-order valence-electron chi connectivity index (χ4n) is 2.49. The van der Waals surface area contributed by atoms with Crippen LogP contribution in [0.1, 0.15) is 11.1 Å². The van der Waals surface area contributed by atoms with Gasteiger partial charge in [-0.25, -0.2) is 0 Å². The number of benzene rings is 2. The van der Waals surface area contributed by atoms with Gasteiger partial charge in [-0.2, -0.15) is 0 Å². The van der Waals surface area contributed by atoms with Gasteiger partial charge in [0.05, 0.1) is 7.11 Å². The van der Waals surface area contributed by atoms with E-state index in [2.05, 4.69) is 11.9 Å². The number of hydrogen-bond acceptors (Lipinski definition) is 5. The van der Waals surface area contributed by atoms with Crippen molar-refractivity contribution in [2.45, 2.75) is 13.1 Å². The molecule has 0 aromatic heterocycles. The Kier molecular flexibility index (Phi) is 6.98. The van der Waals surface area contributed by atoms with E-state index >= 15 is 0 Å². The summed E-state index contributed by atoms with van der Waals surface area (Å²) >= 11 is 0. The largest absolute Gasteiger partial charge is 0.493 e. The molecular weight excluding hydrogens is 342 g/mol. The van der Waals surface area contributed by atoms with Crippen LogP contribution in [0.2, 0.25) is 0 Å². The zero-order valence-electron chi connectivity index (χ0n) is 14.1. The molecule has 0 radical (unpaired) electrons. The zero-order chi connectivity index (χ0) is 16.8. The van der Waals surface area contributed by atoms with Crippen molar-refractivity contribution in [3.63, 3.8) is 0 Å². The summed E-state index contributed by atoms with van der Waals surface area (Å²) in [6, 6.07) is 11.9. The van der Waals surface area contributed by atoms with Crippen LogP contribution < -0.4 is 24.3 Å². The van der Waals surface area contributed by atoms with E-state index in [4.69, 9.17) is 18.9 Å². The second-order valence-corrected chi connectivity index (χ2v) is 5.38. The summed E-state index contributed by atoms with van der Waals surface area (Å²) in [6.07, 6.45) is 1.71. The van der Waals surface area contributed by atoms with Crippen molar-refractivity contribution in [3.8, 4) is 23.0 Å². The second kappa shape index (κ2) is 9.20. The molecule has 0 amide bonds. The van der Waals surface area contributed by atoms with Crippen molar-refractivity contribution >= 4 is 12.4 Å². The highest BCUT2D eigenvalue weighted by atomic mass is 35.5. The van der Waals surface area contributed by atoms with Gasteiger partial charge in [0.25, 0.3) is 0 Å². The molecule has 2 aromatic carbocycles. The number of hydrogen-bond donors (Lipinski definition) is 1. The Morgan fingerprint density at radius 3 is 2.52 bits per heavy atom. The average molecular weight is 364 g/mol. The molecule has 0 saturated carbocycles. The first-order chi connectivity index (χ1) is 11.8. The number of methoxy groups -OCH3 is 1. The maximum atomic E-state index is 5.56. The van der Waals surface area contributed by atoms with Crippen LogP contribution in [0.3, 0.4) is 0 Å². The minimum Gasteiger partial charge on any atom is -0.493 e. The summed E-state index contributed by atoms with van der Waals surface area (Å²) < 4.78 is 21.6. The summed E-state index contributed by atoms with van der Waals surface area (Å²) in [6.45, 7) is 5.87. The van der Waals surface area contributed by atoms with Gasteiger partial charge in [0.15, 0.2) is 23.0 Å². The Bertz CT molecular complexity index is 721. The van der Waals surface area contributed by atoms with Crippen molar-refractivity contribution in [3.05, 3.63) is 60.2 Å². The summed E-state index contributed by atoms with van der Waals surface area (Å²) in [5.41, 5.74) is 2.27. The predicted octanol–water partition coefficient (Wildman–Crippen LogP) is 3.70. The fourth-order valence-corrected chi connectivity index (χ4v) is 2.49. The van der Waals surface area contributed by atoms with Crippen LogP contribution in [0, 0.1) is 0 Å². The molecule has 5 nitrogen and oxygen atoms in total. The monoisotopic (exact) mass is 363 g/mol. The number of ether oxygens (including phenoxy) is 4. The van der Waals surface area contributed by atoms with Crippen molar-refractivity contribution < 1.29 is 18.9 Å². The van der Waals surface area contributed by atoms with Crippen molar-refractivity contribution in [1.82, 2.24) is 5.32 Å². The minimum atomic E-state index is 0. The number of fused-ring (bicyclic) bond motifs is 1. The highest BCUT2D eigenvalue weighted by Crippen LogP contribution is 2.32. The molecule has 1 aliphatic rings. The minimum absolute atomic E-state index is 0. The maximum Gasteiger partial charge on any atom is 0.231 e. The maximum absolute atomic E-state index is 5.56. The lowest BCUT2D eigenvalue weighted by atomic mass is 10.1. The van der Waals surface area contributed by atoms with E-state index in [1.165, 1.54) is 0 Å². The average Bonchev–Trinajstić information content (AvgIpc) is 3.08. The van der Waals surface area contributed by atoms with Gasteiger partial charge in [0.2, 0.25) is 6.79 Å². The lowest BCUT2D eigenvalue weighted by molar-refractivity contribution is 0.174. The summed E-state index contributed by atoms with van der Waals surface area (Å²) in [5.74, 6) is 3.05. The van der Waals surface area contributed by atoms with Crippen molar-refractivity contribution in [2.75, 3.05) is 20.5 Å². The fraction of sp³-hybridized carbons (Fsp3) is 0.263. The number of nitrogens with one attached hydrogen (secondary N) is 1. The molecule has 0 fully saturated rings. The third-order valence-electron chi connectivity index (χ3n) is 3.68. The van der Waals surface area contributed by atoms with Crippen LogP contribution in [-0.4, -0.2) is 20.5 Å². The summed E-state index contributed by atoms with van der Waals surface area (Å²) in [4.78, 5) is 0. The van der Waals surface area contributed by atoms with E-state index < -0.39 is 0 Å². The Morgan fingerprint density at radius 2 is 1.76 bits per heavy atom. The SMILES string of the molecule is C=CCOc1ccc(CNCc2ccc3c(c2)OCO3)cc1OC.Cl. The van der Waals surface area contributed by atoms with Gasteiger partial charge in [-0.1, -0.05) is 24.8 Å². The zero-order valence-corrected chi connectivity index (χ0v) is 14.9. The molecule has 0 bridgehead atoms. The first kappa shape index (κ1) is 19.0. The van der Waals surface area contributed by atoms with E-state index in [0.29, 0.717) is 13.4 Å². The molecule has 2 aromatic rings. The Labute approximate surface area is 154 Å². The molecule has 0 spiro atoms. The van der Waals surface area contributed by atoms with Gasteiger partial charge in [-0.15, -0.1) is 12.4 Å². The quantitative estimate of drug-likeness (QED) is 0.725. The highest BCUT2D eigenvalue weighted by Gasteiger charge is 2.13. The van der Waals surface area contributed by atoms with E-state index in [9.17, 15) is 0 Å². The number of halogens is 1. The molecule has 6 heteroatoms. The molecule has 3 rings (SSSR count). The van der Waals surface area contributed by atoms with Crippen molar-refractivity contribution in [2.24, 2.45) is 0 Å². The normalized spacial score (nSPS) is 11.6. The van der Waals surface area contributed by atoms with Crippen LogP contribution in [0.25, 0.3) is 0 Å². The van der Waals surface area contributed by atoms with E-state index in [-0.39, 0.29) is 12.4 Å². The molecule has 0 atom stereocenters. The van der Waals surface area contributed by atoms with Gasteiger partial charge in [0, 0.05) is 13.1 Å². The van der Waals surface area contributed by atoms with Gasteiger partial charge in [-0.3, -0.25) is 0 Å². The molecule has 0 saturated heterocycles. The van der Waals surface area contributed by atoms with Crippen LogP contribution in [0.5, 0.6) is 23.0 Å². The number of rotatable bonds is 8. The van der Waals surface area contributed by atoms with Gasteiger partial charge in [0.1, 0.15) is 6.61 Å². The van der Waals surface area contributed by atoms with Crippen molar-refractivity contribution in [1.29, 1.82) is 0 Å². The van der Waals surface area contributed by atoms with Crippen LogP contribution in [0.4, 0.5) is 0 Å². The lowest BCUT2D eigenvalue weighted by Gasteiger charge is -2.12. The molecule has 1 heterocycles. The second-order valence-electron chi connectivity index (χ2n) is 5.38. The van der Waals surface area contributed by atoms with Gasteiger partial charge in [-0.05, 0) is 35.4 Å². The predicted molar refractivity (Wildman–Crippen MR) is 99.0 cm³/mol. The molecule has 25 heavy (non-hydrogen) atoms. The molecule has 134 valence electrons.